The lowest BCUT2D eigenvalue weighted by Crippen LogP contribution is -2.60. The Hall–Kier alpha value is -4.29. The van der Waals surface area contributed by atoms with Gasteiger partial charge in [0.1, 0.15) is 18.0 Å². The van der Waals surface area contributed by atoms with Crippen molar-refractivity contribution in [3.8, 4) is 0 Å². The average Bonchev–Trinajstić information content (AvgIpc) is 3.42. The molecule has 2 saturated heterocycles. The van der Waals surface area contributed by atoms with Crippen molar-refractivity contribution >= 4 is 58.3 Å². The maximum absolute atomic E-state index is 14.5. The Morgan fingerprint density at radius 1 is 0.875 bits per heavy atom. The molecule has 2 fully saturated rings. The van der Waals surface area contributed by atoms with E-state index in [-0.39, 0.29) is 16.7 Å². The quantitative estimate of drug-likeness (QED) is 0.0604. The van der Waals surface area contributed by atoms with Crippen LogP contribution in [0.1, 0.15) is 81.7 Å². The smallest absolute Gasteiger partial charge is 0.430 e. The molecule has 2 aliphatic rings. The van der Waals surface area contributed by atoms with E-state index in [9.17, 15) is 19.2 Å². The van der Waals surface area contributed by atoms with Crippen LogP contribution in [0.5, 0.6) is 0 Å². The number of aromatic nitrogens is 1. The van der Waals surface area contributed by atoms with Crippen LogP contribution in [0.25, 0.3) is 6.08 Å². The van der Waals surface area contributed by atoms with Gasteiger partial charge in [-0.05, 0) is 72.5 Å². The molecular weight excluding hydrogens is 765 g/mol. The number of hydroxylamine groups is 2. The number of thioether (sulfide) groups is 1. The summed E-state index contributed by atoms with van der Waals surface area (Å²) in [4.78, 5) is 60.5. The van der Waals surface area contributed by atoms with Crippen LogP contribution in [0.4, 0.5) is 4.79 Å². The zero-order chi connectivity index (χ0) is 41.3. The summed E-state index contributed by atoms with van der Waals surface area (Å²) >= 11 is 1.32. The van der Waals surface area contributed by atoms with Gasteiger partial charge in [0, 0.05) is 11.8 Å². The predicted octanol–water partition coefficient (Wildman–Crippen LogP) is 8.17. The largest absolute Gasteiger partial charge is 0.451 e. The first-order valence-corrected chi connectivity index (χ1v) is 25.3. The molecule has 3 atom stereocenters. The molecule has 0 bridgehead atoms. The molecule has 15 heteroatoms. The number of β-lactam (4-membered cyclic amide) rings is 1. The number of amides is 3. The molecule has 2 aromatic carbocycles. The maximum atomic E-state index is 14.5. The first-order chi connectivity index (χ1) is 26.0. The van der Waals surface area contributed by atoms with E-state index in [1.807, 2.05) is 108 Å². The maximum Gasteiger partial charge on any atom is 0.430 e. The van der Waals surface area contributed by atoms with Crippen molar-refractivity contribution in [2.75, 3.05) is 6.61 Å². The lowest BCUT2D eigenvalue weighted by Gasteiger charge is -2.40. The summed E-state index contributed by atoms with van der Waals surface area (Å²) < 4.78 is 22.6. The van der Waals surface area contributed by atoms with Crippen molar-refractivity contribution < 1.29 is 37.7 Å². The van der Waals surface area contributed by atoms with Crippen molar-refractivity contribution in [2.24, 2.45) is 0 Å². The monoisotopic (exact) mass is 818 g/mol. The van der Waals surface area contributed by atoms with Crippen LogP contribution in [0, 0.1) is 0 Å². The summed E-state index contributed by atoms with van der Waals surface area (Å²) in [7, 11) is -4.61. The van der Waals surface area contributed by atoms with Crippen LogP contribution in [-0.2, 0) is 28.1 Å². The molecule has 0 radical (unpaired) electrons. The number of nitrogens with one attached hydrogen (secondary N) is 2. The predicted molar refractivity (Wildman–Crippen MR) is 222 cm³/mol. The number of fused-ring (bicyclic) bond motifs is 1. The summed E-state index contributed by atoms with van der Waals surface area (Å²) in [6.45, 7) is 22.0. The topological polar surface area (TPSA) is 145 Å². The molecule has 0 spiro atoms. The number of nitrogens with zero attached hydrogens (tertiary/aromatic N) is 2. The molecule has 3 heterocycles. The minimum Gasteiger partial charge on any atom is -0.451 e. The summed E-state index contributed by atoms with van der Waals surface area (Å²) in [5, 5.41) is -0.865. The Balaban J connectivity index is 1.41. The Bertz CT molecular complexity index is 1930. The van der Waals surface area contributed by atoms with Crippen LogP contribution >= 0.6 is 11.8 Å². The van der Waals surface area contributed by atoms with E-state index in [4.69, 9.17) is 18.5 Å². The lowest BCUT2D eigenvalue weighted by molar-refractivity contribution is -0.161. The molecule has 5 rings (SSSR count). The first kappa shape index (κ1) is 42.8. The van der Waals surface area contributed by atoms with Crippen LogP contribution in [0.2, 0.25) is 36.3 Å². The molecule has 3 amide bonds. The summed E-state index contributed by atoms with van der Waals surface area (Å²) in [6, 6.07) is 20.8. The molecule has 0 saturated carbocycles. The summed E-state index contributed by atoms with van der Waals surface area (Å²) in [6.07, 6.45) is 1.55. The van der Waals surface area contributed by atoms with E-state index in [1.165, 1.54) is 22.9 Å². The number of ether oxygens (including phenoxy) is 2. The van der Waals surface area contributed by atoms with E-state index >= 15 is 0 Å². The van der Waals surface area contributed by atoms with Gasteiger partial charge in [0.05, 0.1) is 16.0 Å². The van der Waals surface area contributed by atoms with Crippen molar-refractivity contribution in [1.29, 1.82) is 0 Å². The van der Waals surface area contributed by atoms with Crippen LogP contribution in [0.3, 0.4) is 0 Å². The van der Waals surface area contributed by atoms with E-state index < -0.39 is 62.8 Å². The zero-order valence-corrected chi connectivity index (χ0v) is 36.9. The van der Waals surface area contributed by atoms with Gasteiger partial charge in [-0.1, -0.05) is 102 Å². The Kier molecular flexibility index (Phi) is 12.5. The van der Waals surface area contributed by atoms with Crippen LogP contribution < -0.4 is 11.0 Å². The molecular formula is C41H54N4O8SSi2. The molecule has 1 aromatic heterocycles. The number of pyridine rings is 1. The number of hydrogen-bond donors (Lipinski definition) is 2. The molecule has 2 N–H and O–H groups in total. The fourth-order valence-electron chi connectivity index (χ4n) is 5.58. The highest BCUT2D eigenvalue weighted by molar-refractivity contribution is 8.02. The van der Waals surface area contributed by atoms with Crippen molar-refractivity contribution in [2.45, 2.75) is 107 Å². The van der Waals surface area contributed by atoms with Crippen LogP contribution in [-0.4, -0.2) is 73.2 Å². The number of rotatable bonds is 12. The zero-order valence-electron chi connectivity index (χ0n) is 34.1. The molecule has 1 unspecified atom stereocenters. The SMILES string of the molecule is CC(C)(C)[Si](C)(C)ONC(=O)OC[C@]1(C)SC2/C(=C\c3cc(C(=O)NO[Si](C)(C)C(C)(C)C)ccn3)C(=O)N2[C@H]1C(=O)OC(c1ccccc1)c1ccccc1. The number of carbonyl (C=O) groups is 4. The van der Waals surface area contributed by atoms with Gasteiger partial charge < -0.3 is 23.4 Å². The fourth-order valence-corrected chi connectivity index (χ4v) is 8.48. The fraction of sp³-hybridized carbons (Fsp3) is 0.439. The van der Waals surface area contributed by atoms with Gasteiger partial charge in [0.2, 0.25) is 16.6 Å². The van der Waals surface area contributed by atoms with E-state index in [0.717, 1.165) is 11.1 Å². The number of hydrogen-bond acceptors (Lipinski definition) is 10. The Morgan fingerprint density at radius 3 is 1.95 bits per heavy atom. The lowest BCUT2D eigenvalue weighted by atomic mass is 9.93. The van der Waals surface area contributed by atoms with Gasteiger partial charge in [-0.25, -0.2) is 20.5 Å². The molecule has 300 valence electrons. The summed E-state index contributed by atoms with van der Waals surface area (Å²) in [5.41, 5.74) is 7.65. The highest BCUT2D eigenvalue weighted by Gasteiger charge is 2.64. The van der Waals surface area contributed by atoms with Gasteiger partial charge in [-0.3, -0.25) is 14.6 Å². The van der Waals surface area contributed by atoms with Gasteiger partial charge in [-0.15, -0.1) is 11.8 Å². The minimum absolute atomic E-state index is 0.111. The molecule has 0 aliphatic carbocycles. The van der Waals surface area contributed by atoms with E-state index in [2.05, 4.69) is 36.7 Å². The highest BCUT2D eigenvalue weighted by Crippen LogP contribution is 2.54. The first-order valence-electron chi connectivity index (χ1n) is 18.6. The van der Waals surface area contributed by atoms with Crippen molar-refractivity contribution in [3.63, 3.8) is 0 Å². The number of benzene rings is 2. The van der Waals surface area contributed by atoms with Gasteiger partial charge in [0.15, 0.2) is 6.10 Å². The minimum atomic E-state index is -2.35. The highest BCUT2D eigenvalue weighted by atomic mass is 32.2. The number of esters is 1. The third-order valence-electron chi connectivity index (χ3n) is 11.1. The van der Waals surface area contributed by atoms with Crippen LogP contribution in [0.15, 0.2) is 84.6 Å². The third kappa shape index (κ3) is 9.29. The standard InChI is InChI=1S/C41H54N4O8SSi2/c1-39(2,3)55(8,9)52-43-34(46)29-22-23-42-30(24-29)25-31-35(47)45-33(37(48)51-32(27-18-14-12-15-19-27)28-20-16-13-17-21-28)41(7,54-36(31)45)26-50-38(49)44-53-56(10,11)40(4,5)6/h12-25,32-33,36H,26H2,1-11H3,(H,43,46)(H,44,49)/b31-25-/t33-,36?,41-/m0/s1. The second kappa shape index (κ2) is 16.3. The number of carbonyl (C=O) groups excluding carboxylic acids is 4. The third-order valence-corrected chi connectivity index (χ3v) is 21.2. The van der Waals surface area contributed by atoms with Gasteiger partial charge in [-0.2, -0.15) is 0 Å². The molecule has 56 heavy (non-hydrogen) atoms. The van der Waals surface area contributed by atoms with Crippen molar-refractivity contribution in [3.05, 3.63) is 107 Å². The Morgan fingerprint density at radius 2 is 1.41 bits per heavy atom. The second-order valence-corrected chi connectivity index (χ2v) is 28.5. The summed E-state index contributed by atoms with van der Waals surface area (Å²) in [5.74, 6) is -1.47. The second-order valence-electron chi connectivity index (χ2n) is 17.4. The Labute approximate surface area is 336 Å². The van der Waals surface area contributed by atoms with E-state index in [0.29, 0.717) is 16.8 Å². The van der Waals surface area contributed by atoms with Crippen molar-refractivity contribution in [1.82, 2.24) is 20.8 Å². The molecule has 3 aromatic rings. The average molecular weight is 819 g/mol. The van der Waals surface area contributed by atoms with Gasteiger partial charge >= 0.3 is 12.1 Å². The van der Waals surface area contributed by atoms with E-state index in [1.54, 1.807) is 25.1 Å². The molecule has 12 nitrogen and oxygen atoms in total. The normalized spacial score (nSPS) is 20.7. The van der Waals surface area contributed by atoms with Gasteiger partial charge in [0.25, 0.3) is 11.8 Å². The molecule has 2 aliphatic heterocycles.